The Balaban J connectivity index is 1.73. The molecule has 8 nitrogen and oxygen atoms in total. The number of carbonyl (C=O) groups excluding carboxylic acids is 2. The number of amides is 2. The number of benzene rings is 2. The maximum Gasteiger partial charge on any atom is 0.260 e. The highest BCUT2D eigenvalue weighted by atomic mass is 35.5. The van der Waals surface area contributed by atoms with Gasteiger partial charge in [0.15, 0.2) is 5.76 Å². The number of methoxy groups -OCH3 is 1. The molecule has 2 amide bonds. The summed E-state index contributed by atoms with van der Waals surface area (Å²) in [6.07, 6.45) is 1.83. The van der Waals surface area contributed by atoms with E-state index in [1.807, 2.05) is 19.1 Å². The van der Waals surface area contributed by atoms with Gasteiger partial charge in [0, 0.05) is 36.2 Å². The third-order valence-electron chi connectivity index (χ3n) is 6.17. The van der Waals surface area contributed by atoms with E-state index >= 15 is 0 Å². The fourth-order valence-electron chi connectivity index (χ4n) is 3.94. The smallest absolute Gasteiger partial charge is 0.260 e. The molecule has 0 bridgehead atoms. The molecule has 0 spiro atoms. The number of aromatic nitrogens is 1. The van der Waals surface area contributed by atoms with Gasteiger partial charge in [-0.15, -0.1) is 0 Å². The summed E-state index contributed by atoms with van der Waals surface area (Å²) in [5, 5.41) is 16.5. The van der Waals surface area contributed by atoms with Crippen LogP contribution in [-0.2, 0) is 4.79 Å². The van der Waals surface area contributed by atoms with Gasteiger partial charge in [-0.1, -0.05) is 28.9 Å². The van der Waals surface area contributed by atoms with Crippen molar-refractivity contribution in [1.29, 1.82) is 5.41 Å². The van der Waals surface area contributed by atoms with Gasteiger partial charge in [-0.05, 0) is 55.7 Å². The monoisotopic (exact) mass is 494 g/mol. The van der Waals surface area contributed by atoms with Crippen LogP contribution in [0.3, 0.4) is 0 Å². The second-order valence-corrected chi connectivity index (χ2v) is 9.10. The van der Waals surface area contributed by atoms with Crippen molar-refractivity contribution in [2.75, 3.05) is 19.5 Å². The first-order valence-electron chi connectivity index (χ1n) is 11.3. The third-order valence-corrected chi connectivity index (χ3v) is 6.42. The quantitative estimate of drug-likeness (QED) is 0.406. The van der Waals surface area contributed by atoms with Crippen molar-refractivity contribution in [3.8, 4) is 5.75 Å². The number of ether oxygens (including phenoxy) is 1. The van der Waals surface area contributed by atoms with Crippen LogP contribution < -0.4 is 10.1 Å². The molecular formula is C26H27ClN4O4. The lowest BCUT2D eigenvalue weighted by atomic mass is 9.99. The molecule has 0 saturated heterocycles. The second-order valence-electron chi connectivity index (χ2n) is 8.66. The first-order valence-corrected chi connectivity index (χ1v) is 11.7. The van der Waals surface area contributed by atoms with Crippen molar-refractivity contribution in [2.24, 2.45) is 0 Å². The molecule has 1 fully saturated rings. The highest BCUT2D eigenvalue weighted by molar-refractivity contribution is 6.30. The normalized spacial score (nSPS) is 13.7. The number of nitrogens with one attached hydrogen (secondary N) is 2. The molecule has 1 aliphatic carbocycles. The number of carbonyl (C=O) groups is 2. The van der Waals surface area contributed by atoms with Crippen LogP contribution in [-0.4, -0.2) is 41.7 Å². The Kier molecular flexibility index (Phi) is 6.93. The molecule has 0 unspecified atom stereocenters. The molecular weight excluding hydrogens is 468 g/mol. The summed E-state index contributed by atoms with van der Waals surface area (Å²) in [5.41, 5.74) is 2.61. The molecule has 1 heterocycles. The summed E-state index contributed by atoms with van der Waals surface area (Å²) in [7, 11) is 3.21. The fourth-order valence-corrected chi connectivity index (χ4v) is 4.06. The minimum Gasteiger partial charge on any atom is -0.496 e. The molecule has 35 heavy (non-hydrogen) atoms. The van der Waals surface area contributed by atoms with Crippen molar-refractivity contribution in [1.82, 2.24) is 10.1 Å². The molecule has 2 aromatic carbocycles. The molecule has 182 valence electrons. The predicted molar refractivity (Wildman–Crippen MR) is 134 cm³/mol. The zero-order valence-corrected chi connectivity index (χ0v) is 20.8. The first-order chi connectivity index (χ1) is 16.7. The van der Waals surface area contributed by atoms with Gasteiger partial charge in [-0.3, -0.25) is 15.0 Å². The Morgan fingerprint density at radius 2 is 1.91 bits per heavy atom. The number of anilines is 1. The van der Waals surface area contributed by atoms with Crippen LogP contribution in [0.25, 0.3) is 0 Å². The summed E-state index contributed by atoms with van der Waals surface area (Å²) in [6, 6.07) is 12.1. The highest BCUT2D eigenvalue weighted by Crippen LogP contribution is 2.43. The summed E-state index contributed by atoms with van der Waals surface area (Å²) in [6.45, 7) is 3.33. The fraction of sp³-hybridized carbons (Fsp3) is 0.308. The Hall–Kier alpha value is -3.65. The Morgan fingerprint density at radius 1 is 1.23 bits per heavy atom. The molecule has 0 radical (unpaired) electrons. The maximum atomic E-state index is 13.8. The molecule has 0 aliphatic heterocycles. The van der Waals surface area contributed by atoms with Crippen LogP contribution in [0.2, 0.25) is 5.02 Å². The molecule has 1 saturated carbocycles. The zero-order valence-electron chi connectivity index (χ0n) is 20.0. The van der Waals surface area contributed by atoms with Gasteiger partial charge in [0.2, 0.25) is 5.91 Å². The lowest BCUT2D eigenvalue weighted by molar-refractivity contribution is -0.114. The minimum atomic E-state index is -0.285. The van der Waals surface area contributed by atoms with Gasteiger partial charge in [0.05, 0.1) is 13.2 Å². The summed E-state index contributed by atoms with van der Waals surface area (Å²) < 4.78 is 11.1. The molecule has 1 aliphatic rings. The number of halogens is 1. The maximum absolute atomic E-state index is 13.8. The Morgan fingerprint density at radius 3 is 2.51 bits per heavy atom. The first kappa shape index (κ1) is 24.5. The average molecular weight is 495 g/mol. The van der Waals surface area contributed by atoms with Gasteiger partial charge >= 0.3 is 0 Å². The van der Waals surface area contributed by atoms with E-state index in [-0.39, 0.29) is 40.8 Å². The van der Waals surface area contributed by atoms with E-state index in [0.29, 0.717) is 27.7 Å². The molecule has 9 heteroatoms. The number of rotatable bonds is 8. The number of nitrogens with zero attached hydrogens (tertiary/aromatic N) is 2. The van der Waals surface area contributed by atoms with Crippen molar-refractivity contribution in [3.63, 3.8) is 0 Å². The summed E-state index contributed by atoms with van der Waals surface area (Å²) in [5.74, 6) is 0.0931. The SMILES string of the molecule is COc1ccc(NC(C)=O)cc1C(=N)c1onc(C2CC2)c1C(=O)N(C)[C@H](C)c1ccc(Cl)cc1. The van der Waals surface area contributed by atoms with Crippen molar-refractivity contribution < 1.29 is 18.8 Å². The zero-order chi connectivity index (χ0) is 25.3. The van der Waals surface area contributed by atoms with Gasteiger partial charge in [0.25, 0.3) is 5.91 Å². The third kappa shape index (κ3) is 5.07. The van der Waals surface area contributed by atoms with Crippen molar-refractivity contribution >= 4 is 34.8 Å². The topological polar surface area (TPSA) is 109 Å². The van der Waals surface area contributed by atoms with Crippen molar-refractivity contribution in [2.45, 2.75) is 38.6 Å². The van der Waals surface area contributed by atoms with E-state index in [4.69, 9.17) is 26.3 Å². The Labute approximate surface area is 208 Å². The van der Waals surface area contributed by atoms with Gasteiger partial charge in [-0.25, -0.2) is 0 Å². The molecule has 4 rings (SSSR count). The summed E-state index contributed by atoms with van der Waals surface area (Å²) >= 11 is 6.02. The van der Waals surface area contributed by atoms with Crippen LogP contribution in [0.1, 0.15) is 71.6 Å². The molecule has 1 atom stereocenters. The van der Waals surface area contributed by atoms with E-state index in [2.05, 4.69) is 10.5 Å². The van der Waals surface area contributed by atoms with Crippen LogP contribution >= 0.6 is 11.6 Å². The van der Waals surface area contributed by atoms with Crippen LogP contribution in [0.15, 0.2) is 47.0 Å². The van der Waals surface area contributed by atoms with Gasteiger partial charge in [0.1, 0.15) is 22.7 Å². The number of hydrogen-bond acceptors (Lipinski definition) is 6. The Bertz CT molecular complexity index is 1280. The number of hydrogen-bond donors (Lipinski definition) is 2. The average Bonchev–Trinajstić information content (AvgIpc) is 3.60. The summed E-state index contributed by atoms with van der Waals surface area (Å²) in [4.78, 5) is 26.9. The lowest BCUT2D eigenvalue weighted by Crippen LogP contribution is -2.31. The van der Waals surface area contributed by atoms with Gasteiger partial charge in [-0.2, -0.15) is 0 Å². The van der Waals surface area contributed by atoms with E-state index in [1.54, 1.807) is 42.3 Å². The minimum absolute atomic E-state index is 0.0515. The van der Waals surface area contributed by atoms with Crippen LogP contribution in [0, 0.1) is 5.41 Å². The second kappa shape index (κ2) is 9.92. The molecule has 1 aromatic heterocycles. The van der Waals surface area contributed by atoms with E-state index in [1.165, 1.54) is 14.0 Å². The van der Waals surface area contributed by atoms with E-state index in [9.17, 15) is 9.59 Å². The van der Waals surface area contributed by atoms with E-state index in [0.717, 1.165) is 18.4 Å². The molecule has 2 N–H and O–H groups in total. The standard InChI is InChI=1S/C26H27ClN4O4/c1-14(16-7-9-18(27)10-8-16)31(3)26(33)22-24(17-5-6-17)30-35-25(22)23(28)20-13-19(29-15(2)32)11-12-21(20)34-4/h7-14,17,28H,5-6H2,1-4H3,(H,29,32)/t14-/m1/s1. The largest absolute Gasteiger partial charge is 0.496 e. The predicted octanol–water partition coefficient (Wildman–Crippen LogP) is 5.42. The van der Waals surface area contributed by atoms with E-state index < -0.39 is 0 Å². The van der Waals surface area contributed by atoms with Crippen LogP contribution in [0.5, 0.6) is 5.75 Å². The van der Waals surface area contributed by atoms with Gasteiger partial charge < -0.3 is 19.5 Å². The highest BCUT2D eigenvalue weighted by Gasteiger charge is 2.38. The van der Waals surface area contributed by atoms with Crippen LogP contribution in [0.4, 0.5) is 5.69 Å². The molecule has 3 aromatic rings. The lowest BCUT2D eigenvalue weighted by Gasteiger charge is -2.25. The van der Waals surface area contributed by atoms with Crippen molar-refractivity contribution in [3.05, 3.63) is 75.6 Å².